The molecule has 1 N–H and O–H groups in total. The maximum Gasteiger partial charge on any atom is 0.410 e. The summed E-state index contributed by atoms with van der Waals surface area (Å²) in [5.74, 6) is 1.55. The molecule has 1 aliphatic heterocycles. The summed E-state index contributed by atoms with van der Waals surface area (Å²) in [5.41, 5.74) is 0.467. The van der Waals surface area contributed by atoms with Crippen molar-refractivity contribution in [2.24, 2.45) is 0 Å². The lowest BCUT2D eigenvalue weighted by molar-refractivity contribution is 0.00990. The third-order valence-corrected chi connectivity index (χ3v) is 3.98. The second-order valence-electron chi connectivity index (χ2n) is 7.20. The number of nitrogens with zero attached hydrogens (tertiary/aromatic N) is 2. The lowest BCUT2D eigenvalue weighted by Crippen LogP contribution is -2.50. The van der Waals surface area contributed by atoms with Gasteiger partial charge in [-0.3, -0.25) is 0 Å². The largest absolute Gasteiger partial charge is 0.444 e. The van der Waals surface area contributed by atoms with Crippen molar-refractivity contribution in [3.63, 3.8) is 0 Å². The van der Waals surface area contributed by atoms with Crippen molar-refractivity contribution in [1.82, 2.24) is 15.2 Å². The Bertz CT molecular complexity index is 514. The van der Waals surface area contributed by atoms with Gasteiger partial charge in [0.05, 0.1) is 12.2 Å². The van der Waals surface area contributed by atoms with Crippen molar-refractivity contribution in [2.45, 2.75) is 72.1 Å². The molecular formula is C17H29N3O3. The minimum atomic E-state index is -0.459. The molecule has 0 aliphatic carbocycles. The van der Waals surface area contributed by atoms with Crippen molar-refractivity contribution >= 4 is 6.09 Å². The van der Waals surface area contributed by atoms with E-state index in [0.717, 1.165) is 43.8 Å². The lowest BCUT2D eigenvalue weighted by atomic mass is 10.0. The zero-order valence-corrected chi connectivity index (χ0v) is 14.9. The maximum atomic E-state index is 12.4. The fourth-order valence-electron chi connectivity index (χ4n) is 2.73. The van der Waals surface area contributed by atoms with Crippen LogP contribution in [0.25, 0.3) is 0 Å². The number of carbonyl (C=O) groups excluding carboxylic acids is 1. The molecule has 2 rings (SSSR count). The van der Waals surface area contributed by atoms with E-state index in [2.05, 4.69) is 10.3 Å². The van der Waals surface area contributed by atoms with Gasteiger partial charge in [-0.2, -0.15) is 0 Å². The van der Waals surface area contributed by atoms with Crippen LogP contribution in [0.3, 0.4) is 0 Å². The Labute approximate surface area is 138 Å². The van der Waals surface area contributed by atoms with E-state index >= 15 is 0 Å². The van der Waals surface area contributed by atoms with Crippen LogP contribution in [0.15, 0.2) is 4.42 Å². The first kappa shape index (κ1) is 17.8. The van der Waals surface area contributed by atoms with Crippen molar-refractivity contribution in [3.05, 3.63) is 17.3 Å². The maximum absolute atomic E-state index is 12.4. The number of amides is 1. The second kappa shape index (κ2) is 7.34. The fourth-order valence-corrected chi connectivity index (χ4v) is 2.73. The van der Waals surface area contributed by atoms with Crippen LogP contribution in [-0.2, 0) is 11.3 Å². The number of aryl methyl sites for hydroxylation is 2. The topological polar surface area (TPSA) is 67.6 Å². The monoisotopic (exact) mass is 323 g/mol. The third kappa shape index (κ3) is 5.23. The van der Waals surface area contributed by atoms with E-state index < -0.39 is 5.60 Å². The Hall–Kier alpha value is -1.56. The van der Waals surface area contributed by atoms with E-state index in [4.69, 9.17) is 9.15 Å². The van der Waals surface area contributed by atoms with Crippen LogP contribution in [0.2, 0.25) is 0 Å². The summed E-state index contributed by atoms with van der Waals surface area (Å²) >= 11 is 0. The molecule has 0 spiro atoms. The average Bonchev–Trinajstić information content (AvgIpc) is 2.76. The number of nitrogens with one attached hydrogen (secondary N) is 1. The van der Waals surface area contributed by atoms with E-state index in [0.29, 0.717) is 12.4 Å². The number of hydrogen-bond donors (Lipinski definition) is 1. The van der Waals surface area contributed by atoms with Gasteiger partial charge in [-0.1, -0.05) is 0 Å². The van der Waals surface area contributed by atoms with E-state index in [1.165, 1.54) is 0 Å². The quantitative estimate of drug-likeness (QED) is 0.922. The molecule has 1 unspecified atom stereocenters. The van der Waals surface area contributed by atoms with Gasteiger partial charge in [0.2, 0.25) is 5.89 Å². The second-order valence-corrected chi connectivity index (χ2v) is 7.20. The minimum absolute atomic E-state index is 0.163. The lowest BCUT2D eigenvalue weighted by Gasteiger charge is -2.36. The summed E-state index contributed by atoms with van der Waals surface area (Å²) in [4.78, 5) is 18.6. The smallest absolute Gasteiger partial charge is 0.410 e. The van der Waals surface area contributed by atoms with E-state index in [9.17, 15) is 4.79 Å². The molecule has 1 saturated heterocycles. The van der Waals surface area contributed by atoms with Crippen molar-refractivity contribution in [1.29, 1.82) is 0 Å². The highest BCUT2D eigenvalue weighted by atomic mass is 16.6. The molecule has 1 aromatic rings. The molecule has 2 heterocycles. The molecule has 1 aromatic heterocycles. The Morgan fingerprint density at radius 3 is 2.74 bits per heavy atom. The summed E-state index contributed by atoms with van der Waals surface area (Å²) in [6.07, 6.45) is 2.96. The number of oxazole rings is 1. The highest BCUT2D eigenvalue weighted by Crippen LogP contribution is 2.20. The van der Waals surface area contributed by atoms with Crippen LogP contribution in [0.4, 0.5) is 4.79 Å². The summed E-state index contributed by atoms with van der Waals surface area (Å²) < 4.78 is 11.1. The Morgan fingerprint density at radius 2 is 2.13 bits per heavy atom. The molecule has 1 aliphatic rings. The van der Waals surface area contributed by atoms with Gasteiger partial charge in [-0.05, 0) is 53.9 Å². The first-order chi connectivity index (χ1) is 10.8. The Kier molecular flexibility index (Phi) is 5.68. The van der Waals surface area contributed by atoms with Crippen LogP contribution in [0, 0.1) is 13.8 Å². The molecule has 0 aromatic carbocycles. The SMILES string of the molecule is Cc1nc(CNCC2CCCCN2C(=O)OC(C)(C)C)oc1C. The van der Waals surface area contributed by atoms with Crippen LogP contribution in [0.5, 0.6) is 0 Å². The van der Waals surface area contributed by atoms with Gasteiger partial charge in [-0.15, -0.1) is 0 Å². The molecular weight excluding hydrogens is 294 g/mol. The van der Waals surface area contributed by atoms with Crippen molar-refractivity contribution in [3.8, 4) is 0 Å². The first-order valence-electron chi connectivity index (χ1n) is 8.39. The van der Waals surface area contributed by atoms with Crippen molar-refractivity contribution in [2.75, 3.05) is 13.1 Å². The molecule has 1 fully saturated rings. The summed E-state index contributed by atoms with van der Waals surface area (Å²) in [7, 11) is 0. The highest BCUT2D eigenvalue weighted by Gasteiger charge is 2.30. The van der Waals surface area contributed by atoms with Gasteiger partial charge in [0.1, 0.15) is 11.4 Å². The summed E-state index contributed by atoms with van der Waals surface area (Å²) in [6, 6.07) is 0.163. The molecule has 1 amide bonds. The van der Waals surface area contributed by atoms with Crippen LogP contribution in [0.1, 0.15) is 57.4 Å². The zero-order valence-electron chi connectivity index (χ0n) is 14.9. The number of ether oxygens (including phenoxy) is 1. The molecule has 6 heteroatoms. The standard InChI is InChI=1S/C17H29N3O3/c1-12-13(2)22-15(19-12)11-18-10-14-8-6-7-9-20(14)16(21)23-17(3,4)5/h14,18H,6-11H2,1-5H3. The molecule has 6 nitrogen and oxygen atoms in total. The fraction of sp³-hybridized carbons (Fsp3) is 0.765. The minimum Gasteiger partial charge on any atom is -0.444 e. The van der Waals surface area contributed by atoms with Crippen molar-refractivity contribution < 1.29 is 13.9 Å². The van der Waals surface area contributed by atoms with Gasteiger partial charge >= 0.3 is 6.09 Å². The Morgan fingerprint density at radius 1 is 1.39 bits per heavy atom. The molecule has 23 heavy (non-hydrogen) atoms. The highest BCUT2D eigenvalue weighted by molar-refractivity contribution is 5.68. The van der Waals surface area contributed by atoms with Gasteiger partial charge in [-0.25, -0.2) is 9.78 Å². The van der Waals surface area contributed by atoms with Gasteiger partial charge in [0, 0.05) is 19.1 Å². The predicted molar refractivity (Wildman–Crippen MR) is 88.3 cm³/mol. The van der Waals surface area contributed by atoms with E-state index in [-0.39, 0.29) is 12.1 Å². The van der Waals surface area contributed by atoms with E-state index in [1.54, 1.807) is 0 Å². The Balaban J connectivity index is 1.87. The van der Waals surface area contributed by atoms with E-state index in [1.807, 2.05) is 39.5 Å². The number of piperidine rings is 1. The first-order valence-corrected chi connectivity index (χ1v) is 8.39. The van der Waals surface area contributed by atoms with Crippen LogP contribution in [-0.4, -0.2) is 40.7 Å². The molecule has 1 atom stereocenters. The zero-order chi connectivity index (χ0) is 17.0. The molecule has 0 bridgehead atoms. The van der Waals surface area contributed by atoms with Gasteiger partial charge < -0.3 is 19.4 Å². The third-order valence-electron chi connectivity index (χ3n) is 3.98. The number of aromatic nitrogens is 1. The number of carbonyl (C=O) groups is 1. The van der Waals surface area contributed by atoms with Crippen LogP contribution < -0.4 is 5.32 Å². The number of likely N-dealkylation sites (tertiary alicyclic amines) is 1. The van der Waals surface area contributed by atoms with Crippen LogP contribution >= 0.6 is 0 Å². The van der Waals surface area contributed by atoms with Gasteiger partial charge in [0.15, 0.2) is 0 Å². The summed E-state index contributed by atoms with van der Waals surface area (Å²) in [6.45, 7) is 11.6. The summed E-state index contributed by atoms with van der Waals surface area (Å²) in [5, 5.41) is 3.35. The molecule has 0 radical (unpaired) electrons. The number of hydrogen-bond acceptors (Lipinski definition) is 5. The molecule has 0 saturated carbocycles. The number of rotatable bonds is 4. The normalized spacial score (nSPS) is 19.0. The van der Waals surface area contributed by atoms with Gasteiger partial charge in [0.25, 0.3) is 0 Å². The predicted octanol–water partition coefficient (Wildman–Crippen LogP) is 3.17. The molecule has 130 valence electrons. The average molecular weight is 323 g/mol.